The number of anilines is 1. The third kappa shape index (κ3) is 4.35. The van der Waals surface area contributed by atoms with Crippen molar-refractivity contribution in [2.75, 3.05) is 38.3 Å². The van der Waals surface area contributed by atoms with Gasteiger partial charge in [0.15, 0.2) is 0 Å². The minimum atomic E-state index is -4.27. The fourth-order valence-electron chi connectivity index (χ4n) is 2.67. The predicted octanol–water partition coefficient (Wildman–Crippen LogP) is 2.91. The number of nitrogens with one attached hydrogen (secondary N) is 1. The first-order valence-corrected chi connectivity index (χ1v) is 7.16. The van der Waals surface area contributed by atoms with Crippen molar-refractivity contribution in [2.45, 2.75) is 25.1 Å². The van der Waals surface area contributed by atoms with Crippen molar-refractivity contribution in [2.24, 2.45) is 0 Å². The van der Waals surface area contributed by atoms with Crippen molar-refractivity contribution in [3.8, 4) is 0 Å². The Morgan fingerprint density at radius 3 is 2.62 bits per heavy atom. The average Bonchev–Trinajstić information content (AvgIpc) is 2.91. The number of methoxy groups -OCH3 is 1. The zero-order valence-electron chi connectivity index (χ0n) is 12.1. The molecule has 1 heterocycles. The molecule has 1 N–H and O–H groups in total. The summed E-state index contributed by atoms with van der Waals surface area (Å²) in [5.41, 5.74) is 0.263. The molecule has 3 nitrogen and oxygen atoms in total. The molecule has 0 aromatic heterocycles. The van der Waals surface area contributed by atoms with Crippen molar-refractivity contribution in [1.82, 2.24) is 5.32 Å². The minimum absolute atomic E-state index is 0.332. The van der Waals surface area contributed by atoms with Gasteiger partial charge in [0.2, 0.25) is 0 Å². The van der Waals surface area contributed by atoms with E-state index in [2.05, 4.69) is 10.2 Å². The summed E-state index contributed by atoms with van der Waals surface area (Å²) in [6, 6.07) is 5.78. The Balaban J connectivity index is 1.96. The van der Waals surface area contributed by atoms with E-state index in [9.17, 15) is 13.2 Å². The van der Waals surface area contributed by atoms with Crippen molar-refractivity contribution < 1.29 is 17.9 Å². The SMILES string of the molecule is COCCNCC1CCCN1c1ccc(C(F)(F)F)cc1. The van der Waals surface area contributed by atoms with E-state index < -0.39 is 11.7 Å². The standard InChI is InChI=1S/C15H21F3N2O/c1-21-10-8-19-11-14-3-2-9-20(14)13-6-4-12(5-7-13)15(16,17)18/h4-7,14,19H,2-3,8-11H2,1H3. The van der Waals surface area contributed by atoms with E-state index in [0.29, 0.717) is 12.6 Å². The van der Waals surface area contributed by atoms with Crippen LogP contribution in [0.3, 0.4) is 0 Å². The zero-order valence-corrected chi connectivity index (χ0v) is 12.1. The number of ether oxygens (including phenoxy) is 1. The summed E-state index contributed by atoms with van der Waals surface area (Å²) in [5, 5.41) is 3.32. The number of nitrogens with zero attached hydrogens (tertiary/aromatic N) is 1. The van der Waals surface area contributed by atoms with Gasteiger partial charge in [-0.15, -0.1) is 0 Å². The predicted molar refractivity (Wildman–Crippen MR) is 76.6 cm³/mol. The van der Waals surface area contributed by atoms with Gasteiger partial charge in [0, 0.05) is 38.5 Å². The van der Waals surface area contributed by atoms with E-state index in [1.807, 2.05) is 0 Å². The van der Waals surface area contributed by atoms with E-state index in [1.54, 1.807) is 19.2 Å². The van der Waals surface area contributed by atoms with Gasteiger partial charge in [-0.25, -0.2) is 0 Å². The molecule has 118 valence electrons. The number of benzene rings is 1. The Labute approximate surface area is 123 Å². The molecule has 0 spiro atoms. The molecule has 6 heteroatoms. The molecule has 1 aromatic carbocycles. The highest BCUT2D eigenvalue weighted by atomic mass is 19.4. The van der Waals surface area contributed by atoms with Crippen LogP contribution in [0.4, 0.5) is 18.9 Å². The van der Waals surface area contributed by atoms with Crippen LogP contribution < -0.4 is 10.2 Å². The van der Waals surface area contributed by atoms with Crippen molar-refractivity contribution in [1.29, 1.82) is 0 Å². The lowest BCUT2D eigenvalue weighted by Crippen LogP contribution is -2.39. The van der Waals surface area contributed by atoms with Gasteiger partial charge >= 0.3 is 6.18 Å². The van der Waals surface area contributed by atoms with Crippen LogP contribution >= 0.6 is 0 Å². The van der Waals surface area contributed by atoms with Crippen LogP contribution in [0.25, 0.3) is 0 Å². The molecule has 1 fully saturated rings. The summed E-state index contributed by atoms with van der Waals surface area (Å²) >= 11 is 0. The fourth-order valence-corrected chi connectivity index (χ4v) is 2.67. The Morgan fingerprint density at radius 2 is 2.00 bits per heavy atom. The first-order valence-electron chi connectivity index (χ1n) is 7.16. The van der Waals surface area contributed by atoms with E-state index in [4.69, 9.17) is 4.74 Å². The van der Waals surface area contributed by atoms with Crippen molar-refractivity contribution in [3.63, 3.8) is 0 Å². The third-order valence-corrected chi connectivity index (χ3v) is 3.77. The van der Waals surface area contributed by atoms with Crippen LogP contribution in [0.15, 0.2) is 24.3 Å². The maximum absolute atomic E-state index is 12.6. The van der Waals surface area contributed by atoms with Crippen LogP contribution in [0.2, 0.25) is 0 Å². The molecule has 1 aliphatic heterocycles. The number of rotatable bonds is 6. The van der Waals surface area contributed by atoms with E-state index in [0.717, 1.165) is 50.3 Å². The lowest BCUT2D eigenvalue weighted by Gasteiger charge is -2.27. The fraction of sp³-hybridized carbons (Fsp3) is 0.600. The van der Waals surface area contributed by atoms with Gasteiger partial charge in [-0.2, -0.15) is 13.2 Å². The van der Waals surface area contributed by atoms with Crippen molar-refractivity contribution >= 4 is 5.69 Å². The van der Waals surface area contributed by atoms with Gasteiger partial charge in [0.1, 0.15) is 0 Å². The highest BCUT2D eigenvalue weighted by molar-refractivity contribution is 5.50. The summed E-state index contributed by atoms with van der Waals surface area (Å²) in [6.07, 6.45) is -2.15. The molecule has 1 saturated heterocycles. The number of hydrogen-bond donors (Lipinski definition) is 1. The number of halogens is 3. The van der Waals surface area contributed by atoms with Gasteiger partial charge in [-0.3, -0.25) is 0 Å². The Kier molecular flexibility index (Phi) is 5.47. The van der Waals surface area contributed by atoms with Crippen LogP contribution in [-0.2, 0) is 10.9 Å². The van der Waals surface area contributed by atoms with Crippen LogP contribution in [-0.4, -0.2) is 39.4 Å². The largest absolute Gasteiger partial charge is 0.416 e. The molecular weight excluding hydrogens is 281 g/mol. The van der Waals surface area contributed by atoms with Gasteiger partial charge in [-0.1, -0.05) is 0 Å². The Morgan fingerprint density at radius 1 is 1.29 bits per heavy atom. The van der Waals surface area contributed by atoms with Gasteiger partial charge in [0.25, 0.3) is 0 Å². The number of hydrogen-bond acceptors (Lipinski definition) is 3. The highest BCUT2D eigenvalue weighted by Crippen LogP contribution is 2.32. The zero-order chi connectivity index (χ0) is 15.3. The summed E-state index contributed by atoms with van der Waals surface area (Å²) in [6.45, 7) is 3.16. The van der Waals surface area contributed by atoms with Gasteiger partial charge in [0.05, 0.1) is 12.2 Å². The molecular formula is C15H21F3N2O. The number of alkyl halides is 3. The maximum Gasteiger partial charge on any atom is 0.416 e. The second kappa shape index (κ2) is 7.13. The molecule has 1 unspecified atom stereocenters. The monoisotopic (exact) mass is 302 g/mol. The van der Waals surface area contributed by atoms with Gasteiger partial charge < -0.3 is 15.0 Å². The molecule has 0 radical (unpaired) electrons. The van der Waals surface area contributed by atoms with E-state index in [1.165, 1.54) is 0 Å². The molecule has 2 rings (SSSR count). The molecule has 0 bridgehead atoms. The van der Waals surface area contributed by atoms with Crippen LogP contribution in [0.1, 0.15) is 18.4 Å². The second-order valence-corrected chi connectivity index (χ2v) is 5.23. The maximum atomic E-state index is 12.6. The topological polar surface area (TPSA) is 24.5 Å². The molecule has 0 aliphatic carbocycles. The first kappa shape index (κ1) is 16.1. The summed E-state index contributed by atoms with van der Waals surface area (Å²) in [5.74, 6) is 0. The normalized spacial score (nSPS) is 19.2. The first-order chi connectivity index (χ1) is 10.0. The Bertz CT molecular complexity index is 434. The van der Waals surface area contributed by atoms with Gasteiger partial charge in [-0.05, 0) is 37.1 Å². The molecule has 0 amide bonds. The Hall–Kier alpha value is -1.27. The lowest BCUT2D eigenvalue weighted by molar-refractivity contribution is -0.137. The third-order valence-electron chi connectivity index (χ3n) is 3.77. The van der Waals surface area contributed by atoms with Crippen molar-refractivity contribution in [3.05, 3.63) is 29.8 Å². The molecule has 1 atom stereocenters. The lowest BCUT2D eigenvalue weighted by atomic mass is 10.1. The van der Waals surface area contributed by atoms with E-state index >= 15 is 0 Å². The summed E-state index contributed by atoms with van der Waals surface area (Å²) < 4.78 is 42.7. The summed E-state index contributed by atoms with van der Waals surface area (Å²) in [7, 11) is 1.66. The second-order valence-electron chi connectivity index (χ2n) is 5.23. The highest BCUT2D eigenvalue weighted by Gasteiger charge is 2.31. The quantitative estimate of drug-likeness (QED) is 0.818. The van der Waals surface area contributed by atoms with Crippen LogP contribution in [0, 0.1) is 0 Å². The minimum Gasteiger partial charge on any atom is -0.383 e. The molecule has 1 aliphatic rings. The van der Waals surface area contributed by atoms with Crippen LogP contribution in [0.5, 0.6) is 0 Å². The molecule has 0 saturated carbocycles. The summed E-state index contributed by atoms with van der Waals surface area (Å²) in [4.78, 5) is 2.18. The average molecular weight is 302 g/mol. The smallest absolute Gasteiger partial charge is 0.383 e. The molecule has 1 aromatic rings. The molecule has 21 heavy (non-hydrogen) atoms. The van der Waals surface area contributed by atoms with E-state index in [-0.39, 0.29) is 0 Å².